The van der Waals surface area contributed by atoms with Crippen LogP contribution in [-0.2, 0) is 17.9 Å². The first-order valence-corrected chi connectivity index (χ1v) is 9.39. The molecule has 0 N–H and O–H groups in total. The summed E-state index contributed by atoms with van der Waals surface area (Å²) < 4.78 is 5.34. The van der Waals surface area contributed by atoms with Crippen LogP contribution in [0.3, 0.4) is 0 Å². The Kier molecular flexibility index (Phi) is 5.63. The summed E-state index contributed by atoms with van der Waals surface area (Å²) in [6, 6.07) is 24.1. The third-order valence-corrected chi connectivity index (χ3v) is 4.68. The van der Waals surface area contributed by atoms with Crippen molar-refractivity contribution in [3.05, 3.63) is 101 Å². The third kappa shape index (κ3) is 4.67. The largest absolute Gasteiger partial charge is 0.457 e. The number of benzene rings is 3. The minimum Gasteiger partial charge on any atom is -0.457 e. The van der Waals surface area contributed by atoms with Crippen LogP contribution < -0.4 is 0 Å². The van der Waals surface area contributed by atoms with Crippen LogP contribution in [-0.4, -0.2) is 26.2 Å². The highest BCUT2D eigenvalue weighted by Crippen LogP contribution is 2.18. The van der Waals surface area contributed by atoms with Crippen molar-refractivity contribution in [2.75, 3.05) is 0 Å². The van der Waals surface area contributed by atoms with Crippen LogP contribution in [0.1, 0.15) is 21.5 Å². The van der Waals surface area contributed by atoms with E-state index in [-0.39, 0.29) is 6.61 Å². The summed E-state index contributed by atoms with van der Waals surface area (Å²) >= 11 is 6.08. The second kappa shape index (κ2) is 8.67. The highest BCUT2D eigenvalue weighted by atomic mass is 35.5. The summed E-state index contributed by atoms with van der Waals surface area (Å²) in [6.07, 6.45) is 0. The van der Waals surface area contributed by atoms with Gasteiger partial charge in [-0.2, -0.15) is 4.80 Å². The average Bonchev–Trinajstić information content (AvgIpc) is 3.22. The topological polar surface area (TPSA) is 69.9 Å². The lowest BCUT2D eigenvalue weighted by Gasteiger charge is -2.06. The molecule has 0 unspecified atom stereocenters. The first kappa shape index (κ1) is 18.8. The zero-order valence-corrected chi connectivity index (χ0v) is 16.2. The van der Waals surface area contributed by atoms with Crippen LogP contribution in [0.4, 0.5) is 0 Å². The fourth-order valence-corrected chi connectivity index (χ4v) is 2.96. The second-order valence-corrected chi connectivity index (χ2v) is 6.78. The molecule has 0 atom stereocenters. The molecule has 7 heteroatoms. The number of halogens is 1. The number of carbonyl (C=O) groups excluding carboxylic acids is 1. The SMILES string of the molecule is O=C(OCc1ccccc1Cl)c1ccc(-c2nnn(Cc3ccccc3)n2)cc1. The molecule has 0 bridgehead atoms. The summed E-state index contributed by atoms with van der Waals surface area (Å²) in [7, 11) is 0. The molecular formula is C22H17ClN4O2. The van der Waals surface area contributed by atoms with E-state index >= 15 is 0 Å². The maximum absolute atomic E-state index is 12.3. The Labute approximate surface area is 172 Å². The van der Waals surface area contributed by atoms with Gasteiger partial charge in [-0.15, -0.1) is 10.2 Å². The van der Waals surface area contributed by atoms with Crippen molar-refractivity contribution in [3.8, 4) is 11.4 Å². The average molecular weight is 405 g/mol. The molecule has 29 heavy (non-hydrogen) atoms. The molecule has 0 fully saturated rings. The van der Waals surface area contributed by atoms with E-state index in [2.05, 4.69) is 15.4 Å². The molecule has 0 aliphatic rings. The fourth-order valence-electron chi connectivity index (χ4n) is 2.77. The molecule has 1 heterocycles. The van der Waals surface area contributed by atoms with Crippen LogP contribution in [0.5, 0.6) is 0 Å². The Morgan fingerprint density at radius 2 is 1.66 bits per heavy atom. The van der Waals surface area contributed by atoms with Crippen LogP contribution in [0.25, 0.3) is 11.4 Å². The predicted molar refractivity (Wildman–Crippen MR) is 109 cm³/mol. The summed E-state index contributed by atoms with van der Waals surface area (Å²) in [6.45, 7) is 0.663. The summed E-state index contributed by atoms with van der Waals surface area (Å²) in [5.41, 5.74) is 3.07. The molecule has 1 aromatic heterocycles. The monoisotopic (exact) mass is 404 g/mol. The standard InChI is InChI=1S/C22H17ClN4O2/c23-20-9-5-4-8-19(20)15-29-22(28)18-12-10-17(11-13-18)21-24-26-27(25-21)14-16-6-2-1-3-7-16/h1-13H,14-15H2. The normalized spacial score (nSPS) is 10.7. The minimum absolute atomic E-state index is 0.121. The van der Waals surface area contributed by atoms with Gasteiger partial charge >= 0.3 is 5.97 Å². The van der Waals surface area contributed by atoms with Crippen molar-refractivity contribution < 1.29 is 9.53 Å². The molecule has 4 rings (SSSR count). The van der Waals surface area contributed by atoms with Crippen LogP contribution in [0, 0.1) is 0 Å². The summed E-state index contributed by atoms with van der Waals surface area (Å²) in [4.78, 5) is 13.8. The Bertz CT molecular complexity index is 1110. The van der Waals surface area contributed by atoms with Gasteiger partial charge in [-0.05, 0) is 29.0 Å². The maximum Gasteiger partial charge on any atom is 0.338 e. The fraction of sp³-hybridized carbons (Fsp3) is 0.0909. The number of tetrazole rings is 1. The molecule has 0 spiro atoms. The van der Waals surface area contributed by atoms with Crippen LogP contribution in [0.15, 0.2) is 78.9 Å². The number of hydrogen-bond donors (Lipinski definition) is 0. The van der Waals surface area contributed by atoms with E-state index in [4.69, 9.17) is 16.3 Å². The Hall–Kier alpha value is -3.51. The van der Waals surface area contributed by atoms with Crippen molar-refractivity contribution in [1.82, 2.24) is 20.2 Å². The molecule has 0 aliphatic carbocycles. The lowest BCUT2D eigenvalue weighted by molar-refractivity contribution is 0.0473. The van der Waals surface area contributed by atoms with E-state index in [0.29, 0.717) is 23.0 Å². The van der Waals surface area contributed by atoms with Gasteiger partial charge in [0.2, 0.25) is 5.82 Å². The molecule has 0 saturated carbocycles. The van der Waals surface area contributed by atoms with Crippen molar-refractivity contribution in [2.45, 2.75) is 13.2 Å². The molecule has 0 radical (unpaired) electrons. The van der Waals surface area contributed by atoms with Crippen molar-refractivity contribution in [1.29, 1.82) is 0 Å². The summed E-state index contributed by atoms with van der Waals surface area (Å²) in [5.74, 6) is 0.0778. The van der Waals surface area contributed by atoms with Gasteiger partial charge in [0.25, 0.3) is 0 Å². The number of nitrogens with zero attached hydrogens (tertiary/aromatic N) is 4. The molecule has 0 saturated heterocycles. The lowest BCUT2D eigenvalue weighted by atomic mass is 10.1. The molecule has 3 aromatic carbocycles. The van der Waals surface area contributed by atoms with E-state index in [1.54, 1.807) is 30.3 Å². The van der Waals surface area contributed by atoms with Gasteiger partial charge in [0.1, 0.15) is 6.61 Å². The first-order chi connectivity index (χ1) is 14.2. The van der Waals surface area contributed by atoms with Gasteiger partial charge in [0.05, 0.1) is 12.1 Å². The first-order valence-electron chi connectivity index (χ1n) is 9.02. The highest BCUT2D eigenvalue weighted by molar-refractivity contribution is 6.31. The van der Waals surface area contributed by atoms with Crippen molar-refractivity contribution >= 4 is 17.6 Å². The Morgan fingerprint density at radius 1 is 0.931 bits per heavy atom. The van der Waals surface area contributed by atoms with Gasteiger partial charge in [0.15, 0.2) is 0 Å². The van der Waals surface area contributed by atoms with Crippen molar-refractivity contribution in [2.24, 2.45) is 0 Å². The Balaban J connectivity index is 1.40. The molecule has 0 aliphatic heterocycles. The molecule has 0 amide bonds. The third-order valence-electron chi connectivity index (χ3n) is 4.32. The van der Waals surface area contributed by atoms with Crippen LogP contribution in [0.2, 0.25) is 5.02 Å². The quantitative estimate of drug-likeness (QED) is 0.445. The number of esters is 1. The van der Waals surface area contributed by atoms with E-state index < -0.39 is 5.97 Å². The maximum atomic E-state index is 12.3. The zero-order chi connectivity index (χ0) is 20.1. The van der Waals surface area contributed by atoms with E-state index in [1.165, 1.54) is 4.80 Å². The number of ether oxygens (including phenoxy) is 1. The minimum atomic E-state index is -0.419. The smallest absolute Gasteiger partial charge is 0.338 e. The van der Waals surface area contributed by atoms with Crippen LogP contribution >= 0.6 is 11.6 Å². The molecule has 144 valence electrons. The van der Waals surface area contributed by atoms with Gasteiger partial charge in [-0.1, -0.05) is 72.3 Å². The zero-order valence-electron chi connectivity index (χ0n) is 15.4. The molecule has 6 nitrogen and oxygen atoms in total. The second-order valence-electron chi connectivity index (χ2n) is 6.37. The van der Waals surface area contributed by atoms with Gasteiger partial charge in [-0.25, -0.2) is 4.79 Å². The van der Waals surface area contributed by atoms with E-state index in [1.807, 2.05) is 48.5 Å². The van der Waals surface area contributed by atoms with E-state index in [0.717, 1.165) is 16.7 Å². The van der Waals surface area contributed by atoms with Gasteiger partial charge < -0.3 is 4.74 Å². The van der Waals surface area contributed by atoms with E-state index in [9.17, 15) is 4.79 Å². The van der Waals surface area contributed by atoms with Gasteiger partial charge in [-0.3, -0.25) is 0 Å². The number of hydrogen-bond acceptors (Lipinski definition) is 5. The highest BCUT2D eigenvalue weighted by Gasteiger charge is 2.11. The lowest BCUT2D eigenvalue weighted by Crippen LogP contribution is -2.05. The molecule has 4 aromatic rings. The number of rotatable bonds is 6. The van der Waals surface area contributed by atoms with Crippen molar-refractivity contribution in [3.63, 3.8) is 0 Å². The molecular weight excluding hydrogens is 388 g/mol. The number of carbonyl (C=O) groups is 1. The predicted octanol–water partition coefficient (Wildman–Crippen LogP) is 4.40. The number of aromatic nitrogens is 4. The van der Waals surface area contributed by atoms with Gasteiger partial charge in [0, 0.05) is 16.1 Å². The Morgan fingerprint density at radius 3 is 2.41 bits per heavy atom. The summed E-state index contributed by atoms with van der Waals surface area (Å²) in [5, 5.41) is 13.2.